The van der Waals surface area contributed by atoms with Crippen LogP contribution in [0.2, 0.25) is 10.3 Å². The molecule has 1 fully saturated rings. The second-order valence-electron chi connectivity index (χ2n) is 4.98. The molecule has 1 N–H and O–H groups in total. The molecule has 0 aromatic carbocycles. The molecule has 1 aromatic rings. The predicted molar refractivity (Wildman–Crippen MR) is 80.1 cm³/mol. The topological polar surface area (TPSA) is 41.0 Å². The van der Waals surface area contributed by atoms with Crippen molar-refractivity contribution in [3.8, 4) is 0 Å². The van der Waals surface area contributed by atoms with Crippen molar-refractivity contribution in [1.82, 2.24) is 15.5 Å². The Balaban J connectivity index is 2.11. The highest BCUT2D eigenvalue weighted by Gasteiger charge is 2.19. The molecule has 4 nitrogen and oxygen atoms in total. The summed E-state index contributed by atoms with van der Waals surface area (Å²) in [5.41, 5.74) is 0.905. The van der Waals surface area contributed by atoms with Gasteiger partial charge in [-0.1, -0.05) is 30.1 Å². The molecule has 0 aliphatic carbocycles. The number of halogens is 2. The molecule has 0 saturated carbocycles. The zero-order chi connectivity index (χ0) is 13.7. The van der Waals surface area contributed by atoms with E-state index >= 15 is 0 Å². The average Bonchev–Trinajstić information content (AvgIpc) is 2.42. The normalized spacial score (nSPS) is 16.6. The number of rotatable bonds is 5. The van der Waals surface area contributed by atoms with E-state index in [1.165, 1.54) is 12.8 Å². The maximum atomic E-state index is 6.16. The lowest BCUT2D eigenvalue weighted by Gasteiger charge is -2.31. The van der Waals surface area contributed by atoms with Crippen LogP contribution in [0.3, 0.4) is 0 Å². The summed E-state index contributed by atoms with van der Waals surface area (Å²) in [4.78, 5) is 2.29. The van der Waals surface area contributed by atoms with Crippen LogP contribution in [-0.4, -0.2) is 36.4 Å². The Kier molecular flexibility index (Phi) is 5.67. The van der Waals surface area contributed by atoms with Crippen LogP contribution in [0.5, 0.6) is 0 Å². The highest BCUT2D eigenvalue weighted by molar-refractivity contribution is 6.33. The Bertz CT molecular complexity index is 408. The molecule has 6 heteroatoms. The van der Waals surface area contributed by atoms with Crippen molar-refractivity contribution in [1.29, 1.82) is 0 Å². The van der Waals surface area contributed by atoms with Crippen molar-refractivity contribution in [3.63, 3.8) is 0 Å². The predicted octanol–water partition coefficient (Wildman–Crippen LogP) is 3.00. The minimum atomic E-state index is 0.394. The number of anilines is 1. The monoisotopic (exact) mass is 302 g/mol. The fourth-order valence-corrected chi connectivity index (χ4v) is 2.87. The SMILES string of the molecule is CCCN(CC1CCNCC1)c1cc(Cl)nnc1Cl. The maximum Gasteiger partial charge on any atom is 0.175 e. The number of hydrogen-bond donors (Lipinski definition) is 1. The van der Waals surface area contributed by atoms with Gasteiger partial charge < -0.3 is 10.2 Å². The second-order valence-corrected chi connectivity index (χ2v) is 5.73. The molecule has 2 heterocycles. The van der Waals surface area contributed by atoms with Crippen LogP contribution in [0.25, 0.3) is 0 Å². The minimum absolute atomic E-state index is 0.394. The molecule has 1 saturated heterocycles. The van der Waals surface area contributed by atoms with Gasteiger partial charge in [0.1, 0.15) is 0 Å². The molecule has 0 amide bonds. The quantitative estimate of drug-likeness (QED) is 0.908. The van der Waals surface area contributed by atoms with Crippen molar-refractivity contribution < 1.29 is 0 Å². The second kappa shape index (κ2) is 7.27. The summed E-state index contributed by atoms with van der Waals surface area (Å²) in [6.07, 6.45) is 3.50. The molecular formula is C13H20Cl2N4. The van der Waals surface area contributed by atoms with Crippen LogP contribution in [0.4, 0.5) is 5.69 Å². The molecule has 0 unspecified atom stereocenters. The first-order valence-corrected chi connectivity index (χ1v) is 7.60. The standard InChI is InChI=1S/C13H20Cl2N4/c1-2-7-19(9-10-3-5-16-6-4-10)11-8-12(14)17-18-13(11)15/h8,10,16H,2-7,9H2,1H3. The molecule has 2 rings (SSSR count). The zero-order valence-corrected chi connectivity index (χ0v) is 12.7. The number of hydrogen-bond acceptors (Lipinski definition) is 4. The Hall–Kier alpha value is -0.580. The molecule has 0 radical (unpaired) electrons. The summed E-state index contributed by atoms with van der Waals surface area (Å²) in [5, 5.41) is 11.9. The highest BCUT2D eigenvalue weighted by atomic mass is 35.5. The van der Waals surface area contributed by atoms with Gasteiger partial charge in [-0.3, -0.25) is 0 Å². The van der Waals surface area contributed by atoms with Gasteiger partial charge in [0.2, 0.25) is 0 Å². The smallest absolute Gasteiger partial charge is 0.175 e. The molecule has 1 aromatic heterocycles. The van der Waals surface area contributed by atoms with Gasteiger partial charge in [0.05, 0.1) is 5.69 Å². The van der Waals surface area contributed by atoms with Gasteiger partial charge in [0.25, 0.3) is 0 Å². The van der Waals surface area contributed by atoms with Gasteiger partial charge in [0.15, 0.2) is 10.3 Å². The fraction of sp³-hybridized carbons (Fsp3) is 0.692. The van der Waals surface area contributed by atoms with E-state index in [-0.39, 0.29) is 0 Å². The van der Waals surface area contributed by atoms with Crippen molar-refractivity contribution in [3.05, 3.63) is 16.4 Å². The van der Waals surface area contributed by atoms with E-state index in [1.807, 2.05) is 6.07 Å². The summed E-state index contributed by atoms with van der Waals surface area (Å²) in [5.74, 6) is 0.704. The van der Waals surface area contributed by atoms with E-state index in [1.54, 1.807) is 0 Å². The van der Waals surface area contributed by atoms with E-state index in [0.717, 1.165) is 38.3 Å². The van der Waals surface area contributed by atoms with Gasteiger partial charge >= 0.3 is 0 Å². The van der Waals surface area contributed by atoms with E-state index in [2.05, 4.69) is 27.3 Å². The number of piperidine rings is 1. The van der Waals surface area contributed by atoms with E-state index < -0.39 is 0 Å². The Morgan fingerprint density at radius 2 is 2.05 bits per heavy atom. The van der Waals surface area contributed by atoms with Crippen molar-refractivity contribution >= 4 is 28.9 Å². The summed E-state index contributed by atoms with van der Waals surface area (Å²) < 4.78 is 0. The van der Waals surface area contributed by atoms with Crippen LogP contribution < -0.4 is 10.2 Å². The van der Waals surface area contributed by atoms with E-state index in [0.29, 0.717) is 16.2 Å². The van der Waals surface area contributed by atoms with E-state index in [9.17, 15) is 0 Å². The Morgan fingerprint density at radius 3 is 2.74 bits per heavy atom. The molecule has 0 spiro atoms. The number of nitrogens with one attached hydrogen (secondary N) is 1. The van der Waals surface area contributed by atoms with Crippen LogP contribution in [-0.2, 0) is 0 Å². The molecule has 1 aliphatic heterocycles. The third-order valence-electron chi connectivity index (χ3n) is 3.47. The van der Waals surface area contributed by atoms with Gasteiger partial charge in [-0.15, -0.1) is 10.2 Å². The van der Waals surface area contributed by atoms with Crippen LogP contribution in [0.1, 0.15) is 26.2 Å². The first kappa shape index (κ1) is 14.8. The van der Waals surface area contributed by atoms with Crippen LogP contribution >= 0.6 is 23.2 Å². The summed E-state index contributed by atoms with van der Waals surface area (Å²) in [6.45, 7) is 6.35. The fourth-order valence-electron chi connectivity index (χ4n) is 2.52. The van der Waals surface area contributed by atoms with Gasteiger partial charge in [-0.2, -0.15) is 0 Å². The first-order valence-electron chi connectivity index (χ1n) is 6.85. The summed E-state index contributed by atoms with van der Waals surface area (Å²) in [6, 6.07) is 1.81. The molecule has 19 heavy (non-hydrogen) atoms. The first-order chi connectivity index (χ1) is 9.20. The lowest BCUT2D eigenvalue weighted by molar-refractivity contribution is 0.373. The lowest BCUT2D eigenvalue weighted by atomic mass is 9.97. The zero-order valence-electron chi connectivity index (χ0n) is 11.2. The Morgan fingerprint density at radius 1 is 1.32 bits per heavy atom. The number of aromatic nitrogens is 2. The Labute approximate surface area is 124 Å². The molecular weight excluding hydrogens is 283 g/mol. The van der Waals surface area contributed by atoms with Crippen molar-refractivity contribution in [2.45, 2.75) is 26.2 Å². The highest BCUT2D eigenvalue weighted by Crippen LogP contribution is 2.27. The van der Waals surface area contributed by atoms with E-state index in [4.69, 9.17) is 23.2 Å². The lowest BCUT2D eigenvalue weighted by Crippen LogP contribution is -2.36. The van der Waals surface area contributed by atoms with Gasteiger partial charge in [-0.05, 0) is 38.3 Å². The van der Waals surface area contributed by atoms with Crippen molar-refractivity contribution in [2.24, 2.45) is 5.92 Å². The number of nitrogens with zero attached hydrogens (tertiary/aromatic N) is 3. The largest absolute Gasteiger partial charge is 0.369 e. The molecule has 1 aliphatic rings. The summed E-state index contributed by atoms with van der Waals surface area (Å²) >= 11 is 12.1. The van der Waals surface area contributed by atoms with Crippen molar-refractivity contribution in [2.75, 3.05) is 31.1 Å². The molecule has 0 atom stereocenters. The maximum absolute atomic E-state index is 6.16. The van der Waals surface area contributed by atoms with Crippen LogP contribution in [0, 0.1) is 5.92 Å². The molecule has 106 valence electrons. The third-order valence-corrected chi connectivity index (χ3v) is 3.93. The minimum Gasteiger partial charge on any atom is -0.369 e. The average molecular weight is 303 g/mol. The third kappa shape index (κ3) is 4.20. The van der Waals surface area contributed by atoms with Gasteiger partial charge in [0, 0.05) is 19.2 Å². The van der Waals surface area contributed by atoms with Gasteiger partial charge in [-0.25, -0.2) is 0 Å². The summed E-state index contributed by atoms with van der Waals surface area (Å²) in [7, 11) is 0. The van der Waals surface area contributed by atoms with Crippen LogP contribution in [0.15, 0.2) is 6.07 Å². The molecule has 0 bridgehead atoms.